The van der Waals surface area contributed by atoms with Crippen LogP contribution in [0.25, 0.3) is 17.2 Å². The molecule has 0 fully saturated rings. The molecule has 0 aromatic heterocycles. The van der Waals surface area contributed by atoms with Crippen LogP contribution in [0.15, 0.2) is 43.0 Å². The minimum absolute atomic E-state index is 0.0174. The maximum Gasteiger partial charge on any atom is 0.303 e. The minimum atomic E-state index is -1.21. The van der Waals surface area contributed by atoms with E-state index in [-0.39, 0.29) is 24.3 Å². The zero-order chi connectivity index (χ0) is 17.7. The normalized spacial score (nSPS) is 11.7. The first-order chi connectivity index (χ1) is 11.4. The molecule has 0 bridgehead atoms. The summed E-state index contributed by atoms with van der Waals surface area (Å²) in [6.45, 7) is 3.66. The van der Waals surface area contributed by atoms with Crippen molar-refractivity contribution in [2.75, 3.05) is 0 Å². The largest absolute Gasteiger partial charge is 0.508 e. The van der Waals surface area contributed by atoms with Crippen LogP contribution in [0.4, 0.5) is 0 Å². The molecule has 0 heterocycles. The molecule has 2 rings (SSSR count). The SMILES string of the molecule is C=Cc1cc(O)cc(O)c1-c1ccc(OC(O)CCC(=O)O)cc1. The van der Waals surface area contributed by atoms with Gasteiger partial charge < -0.3 is 25.2 Å². The highest BCUT2D eigenvalue weighted by Crippen LogP contribution is 2.37. The summed E-state index contributed by atoms with van der Waals surface area (Å²) in [7, 11) is 0. The average molecular weight is 330 g/mol. The van der Waals surface area contributed by atoms with Gasteiger partial charge in [0.2, 0.25) is 0 Å². The highest BCUT2D eigenvalue weighted by molar-refractivity contribution is 5.81. The third-order valence-corrected chi connectivity index (χ3v) is 3.37. The molecule has 0 aliphatic heterocycles. The number of hydrogen-bond acceptors (Lipinski definition) is 5. The molecule has 4 N–H and O–H groups in total. The summed E-state index contributed by atoms with van der Waals surface area (Å²) in [6.07, 6.45) is 0.104. The summed E-state index contributed by atoms with van der Waals surface area (Å²) in [5.74, 6) is -0.782. The summed E-state index contributed by atoms with van der Waals surface area (Å²) in [5.41, 5.74) is 1.76. The predicted molar refractivity (Wildman–Crippen MR) is 88.8 cm³/mol. The molecule has 126 valence electrons. The lowest BCUT2D eigenvalue weighted by Crippen LogP contribution is -2.16. The van der Waals surface area contributed by atoms with Crippen molar-refractivity contribution in [3.63, 3.8) is 0 Å². The van der Waals surface area contributed by atoms with E-state index in [2.05, 4.69) is 6.58 Å². The second-order valence-corrected chi connectivity index (χ2v) is 5.16. The van der Waals surface area contributed by atoms with E-state index in [1.54, 1.807) is 24.3 Å². The van der Waals surface area contributed by atoms with E-state index in [4.69, 9.17) is 9.84 Å². The molecule has 0 spiro atoms. The Morgan fingerprint density at radius 3 is 2.46 bits per heavy atom. The van der Waals surface area contributed by atoms with Gasteiger partial charge in [-0.3, -0.25) is 4.79 Å². The minimum Gasteiger partial charge on any atom is -0.508 e. The van der Waals surface area contributed by atoms with Crippen LogP contribution in [-0.2, 0) is 4.79 Å². The van der Waals surface area contributed by atoms with Crippen LogP contribution >= 0.6 is 0 Å². The zero-order valence-corrected chi connectivity index (χ0v) is 12.8. The van der Waals surface area contributed by atoms with E-state index in [9.17, 15) is 20.1 Å². The number of hydrogen-bond donors (Lipinski definition) is 4. The van der Waals surface area contributed by atoms with Crippen LogP contribution in [0.3, 0.4) is 0 Å². The van der Waals surface area contributed by atoms with Crippen LogP contribution in [-0.4, -0.2) is 32.7 Å². The first kappa shape index (κ1) is 17.4. The number of carboxylic acids is 1. The Balaban J connectivity index is 2.18. The maximum atomic E-state index is 10.5. The topological polar surface area (TPSA) is 107 Å². The summed E-state index contributed by atoms with van der Waals surface area (Å²) in [4.78, 5) is 10.5. The van der Waals surface area contributed by atoms with E-state index < -0.39 is 12.3 Å². The number of rotatable bonds is 7. The molecule has 1 atom stereocenters. The van der Waals surface area contributed by atoms with Gasteiger partial charge in [-0.2, -0.15) is 0 Å². The van der Waals surface area contributed by atoms with Gasteiger partial charge in [0.25, 0.3) is 0 Å². The third-order valence-electron chi connectivity index (χ3n) is 3.37. The van der Waals surface area contributed by atoms with Crippen molar-refractivity contribution in [2.24, 2.45) is 0 Å². The van der Waals surface area contributed by atoms with Gasteiger partial charge in [-0.05, 0) is 29.3 Å². The maximum absolute atomic E-state index is 10.5. The molecule has 6 heteroatoms. The van der Waals surface area contributed by atoms with E-state index in [0.717, 1.165) is 0 Å². The molecular formula is C18H18O6. The van der Waals surface area contributed by atoms with Gasteiger partial charge in [0.1, 0.15) is 17.2 Å². The molecule has 0 saturated heterocycles. The summed E-state index contributed by atoms with van der Waals surface area (Å²) >= 11 is 0. The van der Waals surface area contributed by atoms with Gasteiger partial charge >= 0.3 is 5.97 Å². The fourth-order valence-corrected chi connectivity index (χ4v) is 2.27. The van der Waals surface area contributed by atoms with E-state index >= 15 is 0 Å². The molecule has 24 heavy (non-hydrogen) atoms. The molecule has 6 nitrogen and oxygen atoms in total. The van der Waals surface area contributed by atoms with E-state index in [1.807, 2.05) is 0 Å². The summed E-state index contributed by atoms with van der Waals surface area (Å²) in [5, 5.41) is 37.8. The Morgan fingerprint density at radius 1 is 1.21 bits per heavy atom. The van der Waals surface area contributed by atoms with Crippen molar-refractivity contribution in [1.29, 1.82) is 0 Å². The van der Waals surface area contributed by atoms with Gasteiger partial charge in [0, 0.05) is 18.1 Å². The van der Waals surface area contributed by atoms with Crippen molar-refractivity contribution in [1.82, 2.24) is 0 Å². The number of phenolic OH excluding ortho intramolecular Hbond substituents is 2. The molecule has 0 aliphatic carbocycles. The van der Waals surface area contributed by atoms with Crippen LogP contribution in [0.1, 0.15) is 18.4 Å². The number of carbonyl (C=O) groups is 1. The number of aromatic hydroxyl groups is 2. The second-order valence-electron chi connectivity index (χ2n) is 5.16. The van der Waals surface area contributed by atoms with E-state index in [0.29, 0.717) is 22.4 Å². The zero-order valence-electron chi connectivity index (χ0n) is 12.8. The number of aliphatic hydroxyl groups excluding tert-OH is 1. The van der Waals surface area contributed by atoms with E-state index in [1.165, 1.54) is 18.2 Å². The van der Waals surface area contributed by atoms with Gasteiger partial charge in [-0.1, -0.05) is 24.8 Å². The Labute approximate surface area is 138 Å². The molecule has 0 radical (unpaired) electrons. The Hall–Kier alpha value is -2.99. The average Bonchev–Trinajstić information content (AvgIpc) is 2.53. The number of aliphatic carboxylic acids is 1. The second kappa shape index (κ2) is 7.52. The fourth-order valence-electron chi connectivity index (χ4n) is 2.27. The fraction of sp³-hybridized carbons (Fsp3) is 0.167. The van der Waals surface area contributed by atoms with Crippen molar-refractivity contribution < 1.29 is 30.0 Å². The summed E-state index contributed by atoms with van der Waals surface area (Å²) in [6, 6.07) is 9.28. The van der Waals surface area contributed by atoms with Crippen LogP contribution < -0.4 is 4.74 Å². The first-order valence-electron chi connectivity index (χ1n) is 7.26. The number of phenols is 2. The van der Waals surface area contributed by atoms with Crippen LogP contribution in [0.5, 0.6) is 17.2 Å². The Morgan fingerprint density at radius 2 is 1.88 bits per heavy atom. The van der Waals surface area contributed by atoms with Gasteiger partial charge in [0.15, 0.2) is 6.29 Å². The third kappa shape index (κ3) is 4.27. The van der Waals surface area contributed by atoms with Crippen molar-refractivity contribution in [3.05, 3.63) is 48.5 Å². The van der Waals surface area contributed by atoms with Gasteiger partial charge in [0.05, 0.1) is 6.42 Å². The number of benzene rings is 2. The predicted octanol–water partition coefficient (Wildman–Crippen LogP) is 2.97. The molecular weight excluding hydrogens is 312 g/mol. The highest BCUT2D eigenvalue weighted by atomic mass is 16.6. The lowest BCUT2D eigenvalue weighted by Gasteiger charge is -2.14. The molecule has 2 aromatic carbocycles. The monoisotopic (exact) mass is 330 g/mol. The highest BCUT2D eigenvalue weighted by Gasteiger charge is 2.12. The number of carboxylic acid groups (broad SMARTS) is 1. The van der Waals surface area contributed by atoms with Gasteiger partial charge in [-0.15, -0.1) is 0 Å². The Kier molecular flexibility index (Phi) is 5.44. The molecule has 1 unspecified atom stereocenters. The smallest absolute Gasteiger partial charge is 0.303 e. The lowest BCUT2D eigenvalue weighted by atomic mass is 9.98. The van der Waals surface area contributed by atoms with Crippen LogP contribution in [0.2, 0.25) is 0 Å². The molecule has 0 aliphatic rings. The van der Waals surface area contributed by atoms with Crippen LogP contribution in [0, 0.1) is 0 Å². The first-order valence-corrected chi connectivity index (χ1v) is 7.26. The van der Waals surface area contributed by atoms with Crippen molar-refractivity contribution in [3.8, 4) is 28.4 Å². The van der Waals surface area contributed by atoms with Crippen molar-refractivity contribution in [2.45, 2.75) is 19.1 Å². The Bertz CT molecular complexity index is 736. The molecule has 0 amide bonds. The molecule has 2 aromatic rings. The molecule has 0 saturated carbocycles. The summed E-state index contributed by atoms with van der Waals surface area (Å²) < 4.78 is 5.23. The lowest BCUT2D eigenvalue weighted by molar-refractivity contribution is -0.139. The van der Waals surface area contributed by atoms with Crippen molar-refractivity contribution >= 4 is 12.0 Å². The van der Waals surface area contributed by atoms with Gasteiger partial charge in [-0.25, -0.2) is 0 Å². The standard InChI is InChI=1S/C18H18O6/c1-2-11-9-13(19)10-15(20)18(11)12-3-5-14(6-4-12)24-17(23)8-7-16(21)22/h2-6,9-10,17,19-20,23H,1,7-8H2,(H,21,22). The number of ether oxygens (including phenoxy) is 1. The number of aliphatic hydroxyl groups is 1. The quantitative estimate of drug-likeness (QED) is 0.581.